The summed E-state index contributed by atoms with van der Waals surface area (Å²) in [5, 5.41) is 6.19. The molecule has 4 nitrogen and oxygen atoms in total. The van der Waals surface area contributed by atoms with E-state index in [9.17, 15) is 4.79 Å². The molecular formula is C15H22N2O2. The molecule has 104 valence electrons. The molecule has 0 aliphatic carbocycles. The van der Waals surface area contributed by atoms with Crippen LogP contribution in [0.15, 0.2) is 12.1 Å². The van der Waals surface area contributed by atoms with Crippen LogP contribution >= 0.6 is 0 Å². The molecule has 1 amide bonds. The van der Waals surface area contributed by atoms with Gasteiger partial charge in [-0.2, -0.15) is 0 Å². The Morgan fingerprint density at radius 3 is 2.89 bits per heavy atom. The van der Waals surface area contributed by atoms with Gasteiger partial charge in [0.25, 0.3) is 5.91 Å². The van der Waals surface area contributed by atoms with Gasteiger partial charge in [-0.25, -0.2) is 0 Å². The molecule has 1 heterocycles. The Morgan fingerprint density at radius 1 is 1.42 bits per heavy atom. The fourth-order valence-corrected chi connectivity index (χ4v) is 2.34. The van der Waals surface area contributed by atoms with Crippen molar-refractivity contribution in [2.24, 2.45) is 0 Å². The summed E-state index contributed by atoms with van der Waals surface area (Å²) < 4.78 is 5.64. The van der Waals surface area contributed by atoms with Gasteiger partial charge in [-0.05, 0) is 56.5 Å². The summed E-state index contributed by atoms with van der Waals surface area (Å²) in [5.41, 5.74) is 3.44. The van der Waals surface area contributed by atoms with E-state index in [0.29, 0.717) is 0 Å². The van der Waals surface area contributed by atoms with E-state index in [1.165, 1.54) is 5.56 Å². The second kappa shape index (κ2) is 6.06. The molecule has 2 rings (SSSR count). The van der Waals surface area contributed by atoms with Crippen molar-refractivity contribution < 1.29 is 9.53 Å². The standard InChI is InChI=1S/C15H22N2O2/c1-10-6-11(2)12(3)14(7-10)19-9-15(18)17-13-4-5-16-8-13/h6-7,13,16H,4-5,8-9H2,1-3H3,(H,17,18). The van der Waals surface area contributed by atoms with E-state index < -0.39 is 0 Å². The molecule has 0 saturated carbocycles. The molecule has 0 bridgehead atoms. The third-order valence-corrected chi connectivity index (χ3v) is 3.55. The Hall–Kier alpha value is -1.55. The SMILES string of the molecule is Cc1cc(C)c(C)c(OCC(=O)NC2CCNC2)c1. The topological polar surface area (TPSA) is 50.4 Å². The maximum atomic E-state index is 11.8. The van der Waals surface area contributed by atoms with Gasteiger partial charge in [0.05, 0.1) is 0 Å². The zero-order valence-corrected chi connectivity index (χ0v) is 11.9. The molecule has 1 aromatic carbocycles. The number of nitrogens with one attached hydrogen (secondary N) is 2. The smallest absolute Gasteiger partial charge is 0.258 e. The zero-order valence-electron chi connectivity index (χ0n) is 11.9. The predicted molar refractivity (Wildman–Crippen MR) is 75.6 cm³/mol. The Labute approximate surface area is 114 Å². The second-order valence-corrected chi connectivity index (χ2v) is 5.25. The van der Waals surface area contributed by atoms with Crippen molar-refractivity contribution in [1.82, 2.24) is 10.6 Å². The molecule has 1 aliphatic rings. The summed E-state index contributed by atoms with van der Waals surface area (Å²) in [7, 11) is 0. The Kier molecular flexibility index (Phi) is 4.43. The molecule has 1 atom stereocenters. The minimum atomic E-state index is -0.0488. The number of aryl methyl sites for hydroxylation is 2. The quantitative estimate of drug-likeness (QED) is 0.864. The number of carbonyl (C=O) groups is 1. The van der Waals surface area contributed by atoms with Crippen LogP contribution in [0.5, 0.6) is 5.75 Å². The van der Waals surface area contributed by atoms with Gasteiger partial charge in [0.1, 0.15) is 5.75 Å². The molecule has 0 spiro atoms. The van der Waals surface area contributed by atoms with E-state index in [-0.39, 0.29) is 18.6 Å². The lowest BCUT2D eigenvalue weighted by Gasteiger charge is -2.14. The summed E-state index contributed by atoms with van der Waals surface area (Å²) in [6.07, 6.45) is 0.994. The van der Waals surface area contributed by atoms with Crippen molar-refractivity contribution in [3.05, 3.63) is 28.8 Å². The van der Waals surface area contributed by atoms with Gasteiger partial charge >= 0.3 is 0 Å². The van der Waals surface area contributed by atoms with Gasteiger partial charge < -0.3 is 15.4 Å². The van der Waals surface area contributed by atoms with E-state index >= 15 is 0 Å². The largest absolute Gasteiger partial charge is 0.483 e. The first-order chi connectivity index (χ1) is 9.06. The highest BCUT2D eigenvalue weighted by molar-refractivity contribution is 5.78. The third-order valence-electron chi connectivity index (χ3n) is 3.55. The van der Waals surface area contributed by atoms with Crippen LogP contribution in [0, 0.1) is 20.8 Å². The normalized spacial score (nSPS) is 18.4. The molecule has 1 aromatic rings. The van der Waals surface area contributed by atoms with Crippen molar-refractivity contribution in [1.29, 1.82) is 0 Å². The number of hydrogen-bond acceptors (Lipinski definition) is 3. The third kappa shape index (κ3) is 3.70. The lowest BCUT2D eigenvalue weighted by atomic mass is 10.1. The second-order valence-electron chi connectivity index (χ2n) is 5.25. The molecule has 1 aliphatic heterocycles. The number of rotatable bonds is 4. The summed E-state index contributed by atoms with van der Waals surface area (Å²) in [5.74, 6) is 0.754. The number of hydrogen-bond donors (Lipinski definition) is 2. The highest BCUT2D eigenvalue weighted by Crippen LogP contribution is 2.23. The number of amides is 1. The van der Waals surface area contributed by atoms with Crippen LogP contribution in [-0.2, 0) is 4.79 Å². The molecule has 1 unspecified atom stereocenters. The summed E-state index contributed by atoms with van der Waals surface area (Å²) in [6, 6.07) is 4.34. The first-order valence-electron chi connectivity index (χ1n) is 6.77. The molecular weight excluding hydrogens is 240 g/mol. The van der Waals surface area contributed by atoms with Crippen molar-refractivity contribution in [3.63, 3.8) is 0 Å². The van der Waals surface area contributed by atoms with Crippen molar-refractivity contribution >= 4 is 5.91 Å². The summed E-state index contributed by atoms with van der Waals surface area (Å²) >= 11 is 0. The van der Waals surface area contributed by atoms with E-state index in [1.54, 1.807) is 0 Å². The lowest BCUT2D eigenvalue weighted by Crippen LogP contribution is -2.39. The van der Waals surface area contributed by atoms with Crippen molar-refractivity contribution in [3.8, 4) is 5.75 Å². The van der Waals surface area contributed by atoms with Gasteiger partial charge in [-0.15, -0.1) is 0 Å². The maximum Gasteiger partial charge on any atom is 0.258 e. The van der Waals surface area contributed by atoms with E-state index in [2.05, 4.69) is 23.6 Å². The van der Waals surface area contributed by atoms with E-state index in [0.717, 1.165) is 36.4 Å². The van der Waals surface area contributed by atoms with Gasteiger partial charge in [-0.3, -0.25) is 4.79 Å². The first kappa shape index (κ1) is 13.9. The number of carbonyl (C=O) groups excluding carboxylic acids is 1. The summed E-state index contributed by atoms with van der Waals surface area (Å²) in [4.78, 5) is 11.8. The molecule has 1 fully saturated rings. The highest BCUT2D eigenvalue weighted by atomic mass is 16.5. The van der Waals surface area contributed by atoms with Gasteiger partial charge in [-0.1, -0.05) is 6.07 Å². The van der Waals surface area contributed by atoms with Gasteiger partial charge in [0, 0.05) is 12.6 Å². The Balaban J connectivity index is 1.89. The molecule has 2 N–H and O–H groups in total. The van der Waals surface area contributed by atoms with Crippen molar-refractivity contribution in [2.45, 2.75) is 33.2 Å². The predicted octanol–water partition coefficient (Wildman–Crippen LogP) is 1.47. The number of ether oxygens (including phenoxy) is 1. The molecule has 1 saturated heterocycles. The zero-order chi connectivity index (χ0) is 13.8. The monoisotopic (exact) mass is 262 g/mol. The fourth-order valence-electron chi connectivity index (χ4n) is 2.34. The van der Waals surface area contributed by atoms with Crippen LogP contribution in [-0.4, -0.2) is 31.6 Å². The van der Waals surface area contributed by atoms with E-state index in [1.807, 2.05) is 19.9 Å². The Morgan fingerprint density at radius 2 is 2.21 bits per heavy atom. The van der Waals surface area contributed by atoms with Crippen LogP contribution in [0.1, 0.15) is 23.1 Å². The fraction of sp³-hybridized carbons (Fsp3) is 0.533. The lowest BCUT2D eigenvalue weighted by molar-refractivity contribution is -0.123. The summed E-state index contributed by atoms with van der Waals surface area (Å²) in [6.45, 7) is 8.02. The average Bonchev–Trinajstić information content (AvgIpc) is 2.84. The molecule has 0 aromatic heterocycles. The molecule has 4 heteroatoms. The van der Waals surface area contributed by atoms with Gasteiger partial charge in [0.2, 0.25) is 0 Å². The maximum absolute atomic E-state index is 11.8. The molecule has 0 radical (unpaired) electrons. The van der Waals surface area contributed by atoms with Crippen LogP contribution in [0.3, 0.4) is 0 Å². The average molecular weight is 262 g/mol. The van der Waals surface area contributed by atoms with Crippen LogP contribution in [0.2, 0.25) is 0 Å². The Bertz CT molecular complexity index is 465. The van der Waals surface area contributed by atoms with Crippen LogP contribution in [0.25, 0.3) is 0 Å². The first-order valence-corrected chi connectivity index (χ1v) is 6.77. The number of benzene rings is 1. The van der Waals surface area contributed by atoms with Crippen molar-refractivity contribution in [2.75, 3.05) is 19.7 Å². The molecule has 19 heavy (non-hydrogen) atoms. The minimum absolute atomic E-state index is 0.0488. The van der Waals surface area contributed by atoms with Gasteiger partial charge in [0.15, 0.2) is 6.61 Å². The van der Waals surface area contributed by atoms with Crippen LogP contribution < -0.4 is 15.4 Å². The highest BCUT2D eigenvalue weighted by Gasteiger charge is 2.17. The minimum Gasteiger partial charge on any atom is -0.483 e. The van der Waals surface area contributed by atoms with Crippen LogP contribution in [0.4, 0.5) is 0 Å². The van der Waals surface area contributed by atoms with E-state index in [4.69, 9.17) is 4.74 Å².